The molecule has 162 valence electrons. The van der Waals surface area contributed by atoms with Gasteiger partial charge >= 0.3 is 0 Å². The number of anilines is 3. The third kappa shape index (κ3) is 4.18. The van der Waals surface area contributed by atoms with Gasteiger partial charge in [-0.1, -0.05) is 24.3 Å². The first kappa shape index (κ1) is 21.1. The molecular formula is C27H25NO4. The van der Waals surface area contributed by atoms with Crippen molar-refractivity contribution in [1.29, 1.82) is 0 Å². The van der Waals surface area contributed by atoms with Crippen molar-refractivity contribution in [3.63, 3.8) is 0 Å². The van der Waals surface area contributed by atoms with E-state index in [0.717, 1.165) is 22.4 Å². The van der Waals surface area contributed by atoms with E-state index in [1.54, 1.807) is 35.2 Å². The van der Waals surface area contributed by atoms with Gasteiger partial charge in [-0.05, 0) is 92.1 Å². The van der Waals surface area contributed by atoms with E-state index in [1.807, 2.05) is 69.3 Å². The molecule has 0 aliphatic carbocycles. The summed E-state index contributed by atoms with van der Waals surface area (Å²) in [6.45, 7) is 5.62. The topological polar surface area (TPSA) is 73.2 Å². The molecule has 0 aromatic heterocycles. The molecule has 4 aromatic carbocycles. The van der Waals surface area contributed by atoms with Crippen molar-refractivity contribution in [2.75, 3.05) is 4.90 Å². The number of hydrogen-bond donors (Lipinski definition) is 3. The molecule has 0 unspecified atom stereocenters. The fourth-order valence-corrected chi connectivity index (χ4v) is 3.56. The molecule has 0 bridgehead atoms. The van der Waals surface area contributed by atoms with Gasteiger partial charge in [0, 0.05) is 5.69 Å². The summed E-state index contributed by atoms with van der Waals surface area (Å²) in [5.41, 5.74) is 4.40. The maximum absolute atomic E-state index is 10.7. The lowest BCUT2D eigenvalue weighted by molar-refractivity contribution is 0.408. The van der Waals surface area contributed by atoms with Gasteiger partial charge in [0.25, 0.3) is 0 Å². The van der Waals surface area contributed by atoms with Crippen LogP contribution in [0.25, 0.3) is 0 Å². The van der Waals surface area contributed by atoms with Crippen molar-refractivity contribution in [3.8, 4) is 28.7 Å². The molecule has 5 nitrogen and oxygen atoms in total. The average Bonchev–Trinajstić information content (AvgIpc) is 2.75. The highest BCUT2D eigenvalue weighted by Gasteiger charge is 2.19. The molecule has 0 aliphatic heterocycles. The number of aromatic hydroxyl groups is 3. The smallest absolute Gasteiger partial charge is 0.169 e. The van der Waals surface area contributed by atoms with Crippen molar-refractivity contribution in [2.45, 2.75) is 20.8 Å². The molecule has 0 spiro atoms. The van der Waals surface area contributed by atoms with Crippen LogP contribution < -0.4 is 9.64 Å². The first-order chi connectivity index (χ1) is 15.3. The van der Waals surface area contributed by atoms with Gasteiger partial charge in [-0.25, -0.2) is 0 Å². The lowest BCUT2D eigenvalue weighted by Gasteiger charge is -2.27. The second kappa shape index (κ2) is 8.55. The van der Waals surface area contributed by atoms with E-state index in [9.17, 15) is 15.3 Å². The molecule has 3 N–H and O–H groups in total. The maximum atomic E-state index is 10.7. The summed E-state index contributed by atoms with van der Waals surface area (Å²) >= 11 is 0. The lowest BCUT2D eigenvalue weighted by Crippen LogP contribution is -2.10. The van der Waals surface area contributed by atoms with Crippen LogP contribution in [0.3, 0.4) is 0 Å². The maximum Gasteiger partial charge on any atom is 0.169 e. The van der Waals surface area contributed by atoms with Crippen molar-refractivity contribution in [3.05, 3.63) is 95.6 Å². The minimum atomic E-state index is 0.104. The van der Waals surface area contributed by atoms with E-state index in [2.05, 4.69) is 0 Å². The Morgan fingerprint density at radius 2 is 1.22 bits per heavy atom. The van der Waals surface area contributed by atoms with Gasteiger partial charge in [-0.15, -0.1) is 0 Å². The van der Waals surface area contributed by atoms with Crippen LogP contribution in [0.1, 0.15) is 16.7 Å². The third-order valence-electron chi connectivity index (χ3n) is 5.27. The highest BCUT2D eigenvalue weighted by atomic mass is 16.5. The highest BCUT2D eigenvalue weighted by molar-refractivity contribution is 5.83. The molecule has 0 radical (unpaired) electrons. The Morgan fingerprint density at radius 3 is 1.75 bits per heavy atom. The van der Waals surface area contributed by atoms with E-state index in [4.69, 9.17) is 4.74 Å². The van der Waals surface area contributed by atoms with Crippen LogP contribution in [0.2, 0.25) is 0 Å². The molecule has 5 heteroatoms. The Bertz CT molecular complexity index is 1210. The van der Waals surface area contributed by atoms with Gasteiger partial charge in [-0.3, -0.25) is 0 Å². The Balaban J connectivity index is 1.75. The number of para-hydroxylation sites is 1. The molecule has 32 heavy (non-hydrogen) atoms. The first-order valence-electron chi connectivity index (χ1n) is 10.3. The number of ether oxygens (including phenoxy) is 1. The van der Waals surface area contributed by atoms with Crippen molar-refractivity contribution in [1.82, 2.24) is 0 Å². The number of rotatable bonds is 5. The van der Waals surface area contributed by atoms with Gasteiger partial charge in [0.05, 0.1) is 11.4 Å². The van der Waals surface area contributed by atoms with Crippen LogP contribution in [0.4, 0.5) is 17.1 Å². The summed E-state index contributed by atoms with van der Waals surface area (Å²) < 4.78 is 5.85. The number of benzene rings is 4. The number of phenolic OH excluding ortho intramolecular Hbond substituents is 3. The molecule has 0 saturated carbocycles. The standard InChI is InChI=1S/C27H25NO4/c1-17-7-13-22(24(29)15-17)28(23-14-8-18(2)16-25(23)30)20-9-11-21(12-10-20)32-26-6-4-5-19(3)27(26)31/h4-16,29-31H,1-3H3. The summed E-state index contributed by atoms with van der Waals surface area (Å²) in [6.07, 6.45) is 0. The Morgan fingerprint density at radius 1 is 0.656 bits per heavy atom. The number of aryl methyl sites for hydroxylation is 3. The van der Waals surface area contributed by atoms with E-state index in [0.29, 0.717) is 22.9 Å². The minimum absolute atomic E-state index is 0.104. The zero-order chi connectivity index (χ0) is 22.8. The largest absolute Gasteiger partial charge is 0.506 e. The summed E-state index contributed by atoms with van der Waals surface area (Å²) in [5.74, 6) is 1.25. The number of nitrogens with zero attached hydrogens (tertiary/aromatic N) is 1. The molecular weight excluding hydrogens is 402 g/mol. The molecule has 4 aromatic rings. The molecule has 0 atom stereocenters. The van der Waals surface area contributed by atoms with E-state index >= 15 is 0 Å². The van der Waals surface area contributed by atoms with Gasteiger partial charge in [0.2, 0.25) is 0 Å². The van der Waals surface area contributed by atoms with E-state index in [1.165, 1.54) is 0 Å². The van der Waals surface area contributed by atoms with Gasteiger partial charge < -0.3 is 25.0 Å². The van der Waals surface area contributed by atoms with Gasteiger partial charge in [0.15, 0.2) is 11.5 Å². The van der Waals surface area contributed by atoms with Crippen LogP contribution in [-0.2, 0) is 0 Å². The normalized spacial score (nSPS) is 10.7. The summed E-state index contributed by atoms with van der Waals surface area (Å²) in [4.78, 5) is 1.79. The molecule has 4 rings (SSSR count). The first-order valence-corrected chi connectivity index (χ1v) is 10.3. The summed E-state index contributed by atoms with van der Waals surface area (Å²) in [7, 11) is 0. The van der Waals surface area contributed by atoms with Gasteiger partial charge in [0.1, 0.15) is 17.2 Å². The predicted octanol–water partition coefficient (Wildman–Crippen LogP) is 6.99. The molecule has 0 aliphatic rings. The number of phenols is 3. The van der Waals surface area contributed by atoms with Crippen molar-refractivity contribution in [2.24, 2.45) is 0 Å². The average molecular weight is 428 g/mol. The second-order valence-electron chi connectivity index (χ2n) is 7.84. The van der Waals surface area contributed by atoms with Gasteiger partial charge in [-0.2, -0.15) is 0 Å². The van der Waals surface area contributed by atoms with Crippen LogP contribution in [0, 0.1) is 20.8 Å². The Labute approximate surface area is 187 Å². The molecule has 0 heterocycles. The SMILES string of the molecule is Cc1ccc(N(c2ccc(Oc3cccc(C)c3O)cc2)c2ccc(C)cc2O)c(O)c1. The Hall–Kier alpha value is -4.12. The predicted molar refractivity (Wildman–Crippen MR) is 127 cm³/mol. The van der Waals surface area contributed by atoms with Crippen LogP contribution in [0.5, 0.6) is 28.7 Å². The summed E-state index contributed by atoms with van der Waals surface area (Å²) in [5, 5.41) is 31.5. The zero-order valence-electron chi connectivity index (χ0n) is 18.2. The van der Waals surface area contributed by atoms with Crippen LogP contribution >= 0.6 is 0 Å². The Kier molecular flexibility index (Phi) is 5.65. The quantitative estimate of drug-likeness (QED) is 0.320. The monoisotopic (exact) mass is 427 g/mol. The summed E-state index contributed by atoms with van der Waals surface area (Å²) in [6, 6.07) is 23.4. The highest BCUT2D eigenvalue weighted by Crippen LogP contribution is 2.44. The van der Waals surface area contributed by atoms with Crippen LogP contribution in [-0.4, -0.2) is 15.3 Å². The molecule has 0 fully saturated rings. The fraction of sp³-hybridized carbons (Fsp3) is 0.111. The third-order valence-corrected chi connectivity index (χ3v) is 5.27. The zero-order valence-corrected chi connectivity index (χ0v) is 18.2. The van der Waals surface area contributed by atoms with Crippen molar-refractivity contribution >= 4 is 17.1 Å². The lowest BCUT2D eigenvalue weighted by atomic mass is 10.1. The van der Waals surface area contributed by atoms with Crippen LogP contribution in [0.15, 0.2) is 78.9 Å². The van der Waals surface area contributed by atoms with E-state index < -0.39 is 0 Å². The molecule has 0 amide bonds. The second-order valence-corrected chi connectivity index (χ2v) is 7.84. The van der Waals surface area contributed by atoms with E-state index in [-0.39, 0.29) is 17.2 Å². The minimum Gasteiger partial charge on any atom is -0.506 e. The number of hydrogen-bond acceptors (Lipinski definition) is 5. The molecule has 0 saturated heterocycles. The fourth-order valence-electron chi connectivity index (χ4n) is 3.56. The van der Waals surface area contributed by atoms with Crippen molar-refractivity contribution < 1.29 is 20.1 Å².